The van der Waals surface area contributed by atoms with Crippen LogP contribution in [-0.4, -0.2) is 29.8 Å². The molecule has 2 rings (SSSR count). The molecule has 19 heavy (non-hydrogen) atoms. The second-order valence-electron chi connectivity index (χ2n) is 5.01. The maximum atomic E-state index is 11.0. The fourth-order valence-corrected chi connectivity index (χ4v) is 2.62. The van der Waals surface area contributed by atoms with Crippen LogP contribution in [0.3, 0.4) is 0 Å². The first-order valence-electron chi connectivity index (χ1n) is 6.29. The summed E-state index contributed by atoms with van der Waals surface area (Å²) in [4.78, 5) is 11.0. The summed E-state index contributed by atoms with van der Waals surface area (Å²) in [5, 5.41) is 22.5. The van der Waals surface area contributed by atoms with Crippen molar-refractivity contribution in [2.75, 3.05) is 13.7 Å². The first-order chi connectivity index (χ1) is 8.95. The summed E-state index contributed by atoms with van der Waals surface area (Å²) in [7, 11) is 1.51. The van der Waals surface area contributed by atoms with Crippen LogP contribution in [0.2, 0.25) is 0 Å². The predicted molar refractivity (Wildman–Crippen MR) is 70.6 cm³/mol. The van der Waals surface area contributed by atoms with Crippen molar-refractivity contribution >= 4 is 5.97 Å². The number of aliphatic carboxylic acids is 1. The van der Waals surface area contributed by atoms with E-state index in [0.717, 1.165) is 16.7 Å². The molecule has 2 unspecified atom stereocenters. The van der Waals surface area contributed by atoms with Gasteiger partial charge in [-0.3, -0.25) is 4.79 Å². The second-order valence-corrected chi connectivity index (χ2v) is 5.01. The zero-order valence-corrected chi connectivity index (χ0v) is 11.4. The van der Waals surface area contributed by atoms with Crippen molar-refractivity contribution in [1.82, 2.24) is 5.32 Å². The van der Waals surface area contributed by atoms with Gasteiger partial charge in [-0.05, 0) is 37.5 Å². The molecule has 0 saturated carbocycles. The van der Waals surface area contributed by atoms with Crippen LogP contribution in [0.1, 0.15) is 29.2 Å². The molecule has 1 aliphatic heterocycles. The van der Waals surface area contributed by atoms with Crippen molar-refractivity contribution < 1.29 is 19.7 Å². The number of carboxylic acids is 1. The minimum atomic E-state index is -0.799. The van der Waals surface area contributed by atoms with Crippen LogP contribution < -0.4 is 10.1 Å². The summed E-state index contributed by atoms with van der Waals surface area (Å²) in [5.74, 6) is -0.671. The number of phenols is 1. The van der Waals surface area contributed by atoms with E-state index in [2.05, 4.69) is 5.32 Å². The normalized spacial score (nSPS) is 22.5. The van der Waals surface area contributed by atoms with E-state index in [9.17, 15) is 9.90 Å². The van der Waals surface area contributed by atoms with Crippen LogP contribution in [0.4, 0.5) is 0 Å². The first kappa shape index (κ1) is 13.7. The number of benzene rings is 1. The van der Waals surface area contributed by atoms with Gasteiger partial charge in [-0.15, -0.1) is 0 Å². The van der Waals surface area contributed by atoms with Gasteiger partial charge in [0.15, 0.2) is 11.5 Å². The highest BCUT2D eigenvalue weighted by Gasteiger charge is 2.33. The van der Waals surface area contributed by atoms with E-state index in [0.29, 0.717) is 18.7 Å². The third-order valence-corrected chi connectivity index (χ3v) is 3.88. The maximum Gasteiger partial charge on any atom is 0.307 e. The number of phenolic OH excluding ortho intramolecular Hbond substituents is 1. The summed E-state index contributed by atoms with van der Waals surface area (Å²) >= 11 is 0. The molecular weight excluding hydrogens is 246 g/mol. The second kappa shape index (κ2) is 5.09. The van der Waals surface area contributed by atoms with Gasteiger partial charge in [0.05, 0.1) is 13.0 Å². The quantitative estimate of drug-likeness (QED) is 0.776. The molecule has 0 aromatic heterocycles. The predicted octanol–water partition coefficient (Wildman–Crippen LogP) is 1.75. The maximum absolute atomic E-state index is 11.0. The average Bonchev–Trinajstić information content (AvgIpc) is 2.83. The molecule has 1 aromatic carbocycles. The summed E-state index contributed by atoms with van der Waals surface area (Å²) < 4.78 is 5.16. The van der Waals surface area contributed by atoms with Gasteiger partial charge in [0.2, 0.25) is 0 Å². The zero-order valence-electron chi connectivity index (χ0n) is 11.4. The topological polar surface area (TPSA) is 78.8 Å². The number of hydrogen-bond donors (Lipinski definition) is 3. The smallest absolute Gasteiger partial charge is 0.307 e. The number of aromatic hydroxyl groups is 1. The van der Waals surface area contributed by atoms with Gasteiger partial charge in [0.25, 0.3) is 0 Å². The van der Waals surface area contributed by atoms with Gasteiger partial charge in [-0.2, -0.15) is 0 Å². The standard InChI is InChI=1S/C14H19NO4/c1-7-4-11(19-3)13(16)12(8(7)2)10-5-9(6-15-10)14(17)18/h4,9-10,15-16H,5-6H2,1-3H3,(H,17,18). The number of hydrogen-bond acceptors (Lipinski definition) is 4. The highest BCUT2D eigenvalue weighted by molar-refractivity contribution is 5.71. The molecule has 0 radical (unpaired) electrons. The van der Waals surface area contributed by atoms with Gasteiger partial charge in [0, 0.05) is 18.2 Å². The van der Waals surface area contributed by atoms with E-state index < -0.39 is 11.9 Å². The van der Waals surface area contributed by atoms with Crippen LogP contribution in [0, 0.1) is 19.8 Å². The Hall–Kier alpha value is -1.75. The van der Waals surface area contributed by atoms with E-state index in [1.54, 1.807) is 6.07 Å². The van der Waals surface area contributed by atoms with E-state index >= 15 is 0 Å². The monoisotopic (exact) mass is 265 g/mol. The minimum absolute atomic E-state index is 0.106. The van der Waals surface area contributed by atoms with E-state index in [-0.39, 0.29) is 11.8 Å². The van der Waals surface area contributed by atoms with E-state index in [1.807, 2.05) is 13.8 Å². The Kier molecular flexibility index (Phi) is 3.66. The molecule has 0 spiro atoms. The van der Waals surface area contributed by atoms with Crippen LogP contribution in [0.15, 0.2) is 6.07 Å². The number of rotatable bonds is 3. The van der Waals surface area contributed by atoms with Crippen LogP contribution in [0.25, 0.3) is 0 Å². The SMILES string of the molecule is COc1cc(C)c(C)c(C2CC(C(=O)O)CN2)c1O. The van der Waals surface area contributed by atoms with Crippen molar-refractivity contribution in [2.24, 2.45) is 5.92 Å². The fourth-order valence-electron chi connectivity index (χ4n) is 2.62. The lowest BCUT2D eigenvalue weighted by Crippen LogP contribution is -2.17. The Morgan fingerprint density at radius 1 is 1.47 bits per heavy atom. The van der Waals surface area contributed by atoms with Gasteiger partial charge < -0.3 is 20.3 Å². The fraction of sp³-hybridized carbons (Fsp3) is 0.500. The Morgan fingerprint density at radius 3 is 2.68 bits per heavy atom. The van der Waals surface area contributed by atoms with Crippen molar-refractivity contribution in [3.63, 3.8) is 0 Å². The molecule has 5 heteroatoms. The van der Waals surface area contributed by atoms with Gasteiger partial charge >= 0.3 is 5.97 Å². The molecule has 3 N–H and O–H groups in total. The van der Waals surface area contributed by atoms with Crippen molar-refractivity contribution in [3.8, 4) is 11.5 Å². The largest absolute Gasteiger partial charge is 0.504 e. The molecule has 1 saturated heterocycles. The van der Waals surface area contributed by atoms with E-state index in [4.69, 9.17) is 9.84 Å². The Balaban J connectivity index is 2.40. The van der Waals surface area contributed by atoms with Crippen LogP contribution in [-0.2, 0) is 4.79 Å². The van der Waals surface area contributed by atoms with Gasteiger partial charge in [0.1, 0.15) is 0 Å². The molecule has 0 aliphatic carbocycles. The number of carbonyl (C=O) groups is 1. The molecule has 1 fully saturated rings. The highest BCUT2D eigenvalue weighted by atomic mass is 16.5. The Bertz CT molecular complexity index is 513. The van der Waals surface area contributed by atoms with Crippen molar-refractivity contribution in [1.29, 1.82) is 0 Å². The highest BCUT2D eigenvalue weighted by Crippen LogP contribution is 2.41. The lowest BCUT2D eigenvalue weighted by Gasteiger charge is -2.19. The molecule has 104 valence electrons. The molecule has 0 amide bonds. The summed E-state index contributed by atoms with van der Waals surface area (Å²) in [5.41, 5.74) is 2.74. The number of nitrogens with one attached hydrogen (secondary N) is 1. The summed E-state index contributed by atoms with van der Waals surface area (Å²) in [6.07, 6.45) is 0.482. The number of ether oxygens (including phenoxy) is 1. The number of carboxylic acid groups (broad SMARTS) is 1. The molecular formula is C14H19NO4. The molecule has 1 heterocycles. The van der Waals surface area contributed by atoms with Gasteiger partial charge in [-0.1, -0.05) is 0 Å². The third-order valence-electron chi connectivity index (χ3n) is 3.88. The zero-order chi connectivity index (χ0) is 14.2. The molecule has 1 aliphatic rings. The number of aryl methyl sites for hydroxylation is 1. The average molecular weight is 265 g/mol. The van der Waals surface area contributed by atoms with Crippen LogP contribution in [0.5, 0.6) is 11.5 Å². The number of methoxy groups -OCH3 is 1. The first-order valence-corrected chi connectivity index (χ1v) is 6.29. The van der Waals surface area contributed by atoms with Crippen molar-refractivity contribution in [2.45, 2.75) is 26.3 Å². The Labute approximate surface area is 112 Å². The lowest BCUT2D eigenvalue weighted by molar-refractivity contribution is -0.141. The lowest BCUT2D eigenvalue weighted by atomic mass is 9.93. The molecule has 2 atom stereocenters. The third kappa shape index (κ3) is 2.38. The Morgan fingerprint density at radius 2 is 2.16 bits per heavy atom. The molecule has 1 aromatic rings. The molecule has 5 nitrogen and oxygen atoms in total. The van der Waals surface area contributed by atoms with Crippen LogP contribution >= 0.6 is 0 Å². The van der Waals surface area contributed by atoms with E-state index in [1.165, 1.54) is 7.11 Å². The van der Waals surface area contributed by atoms with Crippen molar-refractivity contribution in [3.05, 3.63) is 22.8 Å². The van der Waals surface area contributed by atoms with Gasteiger partial charge in [-0.25, -0.2) is 0 Å². The summed E-state index contributed by atoms with van der Waals surface area (Å²) in [6.45, 7) is 4.30. The minimum Gasteiger partial charge on any atom is -0.504 e. The summed E-state index contributed by atoms with van der Waals surface area (Å²) in [6, 6.07) is 1.65. The molecule has 0 bridgehead atoms.